The summed E-state index contributed by atoms with van der Waals surface area (Å²) in [4.78, 5) is 22.4. The largest absolute Gasteiger partial charge is 1.00 e. The first kappa shape index (κ1) is 39.3. The van der Waals surface area contributed by atoms with Crippen molar-refractivity contribution in [2.45, 2.75) is 18.7 Å². The summed E-state index contributed by atoms with van der Waals surface area (Å²) >= 11 is 0. The van der Waals surface area contributed by atoms with Gasteiger partial charge >= 0.3 is 37.7 Å². The van der Waals surface area contributed by atoms with Gasteiger partial charge in [0.2, 0.25) is 0 Å². The molecule has 5 rings (SSSR count). The number of azo groups is 2. The molecule has 1 aliphatic rings. The summed E-state index contributed by atoms with van der Waals surface area (Å²) in [6.07, 6.45) is 3.69. The topological polar surface area (TPSA) is 240 Å². The fourth-order valence-corrected chi connectivity index (χ4v) is 4.97. The van der Waals surface area contributed by atoms with Gasteiger partial charge in [-0.15, -0.1) is 10.2 Å². The van der Waals surface area contributed by atoms with Crippen molar-refractivity contribution in [1.82, 2.24) is 0 Å². The summed E-state index contributed by atoms with van der Waals surface area (Å²) in [7, 11) is -4.58. The van der Waals surface area contributed by atoms with Crippen LogP contribution in [0.3, 0.4) is 0 Å². The third kappa shape index (κ3) is 9.31. The maximum absolute atomic E-state index is 11.7. The van der Waals surface area contributed by atoms with E-state index < -0.39 is 27.4 Å². The van der Waals surface area contributed by atoms with Crippen LogP contribution in [0.5, 0.6) is 0 Å². The van der Waals surface area contributed by atoms with E-state index in [1.807, 2.05) is 44.2 Å². The molecule has 5 N–H and O–H groups in total. The summed E-state index contributed by atoms with van der Waals surface area (Å²) in [6.45, 7) is 3.78. The fraction of sp³-hybridized carbons (Fsp3) is 0.0606. The van der Waals surface area contributed by atoms with Crippen LogP contribution in [0.15, 0.2) is 127 Å². The Morgan fingerprint density at radius 2 is 1.40 bits per heavy atom. The van der Waals surface area contributed by atoms with E-state index in [4.69, 9.17) is 11.5 Å². The number of benzene rings is 4. The van der Waals surface area contributed by atoms with E-state index in [0.717, 1.165) is 46.5 Å². The number of nitrogens with two attached hydrogens (primary N) is 2. The Labute approximate surface area is 311 Å². The smallest absolute Gasteiger partial charge is 0.744 e. The molecule has 0 unspecified atom stereocenters. The molecular weight excluding hydrogens is 650 g/mol. The summed E-state index contributed by atoms with van der Waals surface area (Å²) < 4.78 is 33.4. The predicted octanol–water partition coefficient (Wildman–Crippen LogP) is -0.539. The van der Waals surface area contributed by atoms with Gasteiger partial charge in [-0.3, -0.25) is 10.2 Å². The minimum Gasteiger partial charge on any atom is -0.744 e. The van der Waals surface area contributed by atoms with Crippen LogP contribution in [0.2, 0.25) is 0 Å². The second-order valence-electron chi connectivity index (χ2n) is 10.5. The van der Waals surface area contributed by atoms with Crippen molar-refractivity contribution in [1.29, 1.82) is 0 Å². The summed E-state index contributed by atoms with van der Waals surface area (Å²) in [5, 5.41) is 32.1. The molecule has 0 radical (unpaired) electrons. The number of ketones is 1. The van der Waals surface area contributed by atoms with Crippen LogP contribution >= 0.6 is 0 Å². The van der Waals surface area contributed by atoms with Gasteiger partial charge in [0.1, 0.15) is 21.5 Å². The van der Waals surface area contributed by atoms with Crippen LogP contribution in [0, 0.1) is 13.8 Å². The molecule has 14 nitrogen and oxygen atoms in total. The van der Waals surface area contributed by atoms with Crippen molar-refractivity contribution < 1.29 is 65.4 Å². The molecule has 0 saturated carbocycles. The number of aliphatic carboxylic acids is 1. The SMILES string of the molecule is Cc1cc(-c2ccc(NN=C3C=CC(=O)C(C(=O)[O-])=C3)c(C)c2)ccc1N=Nc1c(N)ccc(N=Nc2ccc(S(=O)(=O)[O-])cc2)c1N.[Li+].[Li+]. The number of hydrogen-bond donors (Lipinski definition) is 3. The molecule has 0 saturated heterocycles. The number of carbonyl (C=O) groups excluding carboxylic acids is 2. The Bertz CT molecular complexity index is 2240. The van der Waals surface area contributed by atoms with Crippen molar-refractivity contribution in [3.8, 4) is 11.1 Å². The van der Waals surface area contributed by atoms with Gasteiger partial charge in [-0.25, -0.2) is 8.42 Å². The zero-order valence-electron chi connectivity index (χ0n) is 27.4. The van der Waals surface area contributed by atoms with Gasteiger partial charge in [-0.05, 0) is 115 Å². The molecule has 0 bridgehead atoms. The van der Waals surface area contributed by atoms with E-state index in [0.29, 0.717) is 17.1 Å². The van der Waals surface area contributed by atoms with Crippen LogP contribution in [0.1, 0.15) is 11.1 Å². The first-order chi connectivity index (χ1) is 22.8. The van der Waals surface area contributed by atoms with Crippen LogP contribution in [-0.4, -0.2) is 30.4 Å². The van der Waals surface area contributed by atoms with Crippen LogP contribution < -0.4 is 59.7 Å². The van der Waals surface area contributed by atoms with Gasteiger partial charge in [0.05, 0.1) is 45.0 Å². The van der Waals surface area contributed by atoms with Gasteiger partial charge in [-0.1, -0.05) is 12.1 Å². The number of aryl methyl sites for hydroxylation is 2. The monoisotopic (exact) mass is 676 g/mol. The predicted molar refractivity (Wildman–Crippen MR) is 178 cm³/mol. The van der Waals surface area contributed by atoms with Crippen molar-refractivity contribution in [3.63, 3.8) is 0 Å². The van der Waals surface area contributed by atoms with E-state index >= 15 is 0 Å². The van der Waals surface area contributed by atoms with Crippen molar-refractivity contribution in [3.05, 3.63) is 108 Å². The minimum absolute atomic E-state index is 0. The molecule has 0 atom stereocenters. The zero-order valence-corrected chi connectivity index (χ0v) is 28.2. The number of carboxylic acids is 1. The van der Waals surface area contributed by atoms with E-state index in [1.165, 1.54) is 18.2 Å². The van der Waals surface area contributed by atoms with E-state index in [1.54, 1.807) is 18.2 Å². The fourth-order valence-electron chi connectivity index (χ4n) is 4.50. The zero-order chi connectivity index (χ0) is 34.6. The molecule has 4 aromatic rings. The van der Waals surface area contributed by atoms with Crippen molar-refractivity contribution >= 4 is 67.4 Å². The Morgan fingerprint density at radius 3 is 2.02 bits per heavy atom. The number of hydrazone groups is 1. The van der Waals surface area contributed by atoms with Crippen molar-refractivity contribution in [2.75, 3.05) is 16.9 Å². The first-order valence-corrected chi connectivity index (χ1v) is 15.5. The molecular formula is C33H26Li2N8O6S. The molecule has 1 aliphatic carbocycles. The summed E-state index contributed by atoms with van der Waals surface area (Å²) in [5.74, 6) is -2.21. The number of rotatable bonds is 9. The van der Waals surface area contributed by atoms with Gasteiger partial charge < -0.3 is 25.9 Å². The Morgan fingerprint density at radius 1 is 0.780 bits per heavy atom. The molecule has 0 amide bonds. The quantitative estimate of drug-likeness (QED) is 0.0392. The molecule has 0 spiro atoms. The summed E-state index contributed by atoms with van der Waals surface area (Å²) in [5.41, 5.74) is 21.1. The van der Waals surface area contributed by atoms with E-state index in [9.17, 15) is 27.7 Å². The molecule has 50 heavy (non-hydrogen) atoms. The normalized spacial score (nSPS) is 13.6. The molecule has 0 heterocycles. The van der Waals surface area contributed by atoms with Gasteiger partial charge in [-0.2, -0.15) is 15.3 Å². The van der Waals surface area contributed by atoms with Crippen LogP contribution in [0.25, 0.3) is 11.1 Å². The van der Waals surface area contributed by atoms with Crippen molar-refractivity contribution in [2.24, 2.45) is 25.6 Å². The van der Waals surface area contributed by atoms with E-state index in [2.05, 4.69) is 31.0 Å². The number of nitrogens with one attached hydrogen (secondary N) is 1. The second-order valence-corrected chi connectivity index (χ2v) is 11.9. The standard InChI is InChI=1S/C33H28N8O6S.2Li/c1-18-15-20(3-11-27(18)38-37-23-7-14-30(42)25(17-23)33(43)44)21-4-12-28(19(2)16-21)39-41-32-26(34)10-13-29(31(32)35)40-36-22-5-8-24(9-6-22)48(45,46)47;;/h3-17,38H,34-35H2,1-2H3,(H,43,44)(H,45,46,47);;/q;2*+1/p-2. The third-order valence-electron chi connectivity index (χ3n) is 7.13. The van der Waals surface area contributed by atoms with Gasteiger partial charge in [0, 0.05) is 5.57 Å². The molecule has 0 aromatic heterocycles. The maximum atomic E-state index is 11.7. The number of allylic oxidation sites excluding steroid dienone is 3. The first-order valence-electron chi connectivity index (χ1n) is 14.1. The van der Waals surface area contributed by atoms with E-state index in [-0.39, 0.29) is 71.1 Å². The molecule has 0 fully saturated rings. The molecule has 4 aromatic carbocycles. The molecule has 17 heteroatoms. The molecule has 242 valence electrons. The Hall–Kier alpha value is -5.13. The average molecular weight is 677 g/mol. The Balaban J connectivity index is 0.00000338. The molecule has 0 aliphatic heterocycles. The van der Waals surface area contributed by atoms with Gasteiger partial charge in [0.15, 0.2) is 5.78 Å². The van der Waals surface area contributed by atoms with Crippen LogP contribution in [0.4, 0.5) is 39.8 Å². The number of nitrogen functional groups attached to an aromatic ring is 2. The Kier molecular flexibility index (Phi) is 13.0. The maximum Gasteiger partial charge on any atom is 1.00 e. The summed E-state index contributed by atoms with van der Waals surface area (Å²) in [6, 6.07) is 19.4. The van der Waals surface area contributed by atoms with Crippen LogP contribution in [-0.2, 0) is 19.7 Å². The number of anilines is 3. The number of hydrogen-bond acceptors (Lipinski definition) is 14. The average Bonchev–Trinajstić information content (AvgIpc) is 3.04. The number of nitrogens with zero attached hydrogens (tertiary/aromatic N) is 5. The number of carboxylic acid groups (broad SMARTS) is 1. The third-order valence-corrected chi connectivity index (χ3v) is 7.98. The minimum atomic E-state index is -4.58. The number of carbonyl (C=O) groups is 2. The van der Waals surface area contributed by atoms with Gasteiger partial charge in [0.25, 0.3) is 0 Å². The second kappa shape index (κ2) is 16.5.